The molecule has 1 aliphatic rings. The van der Waals surface area contributed by atoms with Crippen LogP contribution in [-0.4, -0.2) is 56.5 Å². The van der Waals surface area contributed by atoms with Crippen LogP contribution in [0, 0.1) is 0 Å². The van der Waals surface area contributed by atoms with Crippen molar-refractivity contribution in [1.82, 2.24) is 10.2 Å². The molecule has 1 aliphatic heterocycles. The van der Waals surface area contributed by atoms with E-state index in [0.717, 1.165) is 37.6 Å². The van der Waals surface area contributed by atoms with Gasteiger partial charge in [0.15, 0.2) is 0 Å². The molecule has 2 amide bonds. The largest absolute Gasteiger partial charge is 0.497 e. The number of methoxy groups -OCH3 is 1. The van der Waals surface area contributed by atoms with Crippen LogP contribution >= 0.6 is 0 Å². The van der Waals surface area contributed by atoms with Crippen molar-refractivity contribution in [2.45, 2.75) is 12.8 Å². The summed E-state index contributed by atoms with van der Waals surface area (Å²) >= 11 is 0. The molecule has 0 saturated carbocycles. The number of carbonyl (C=O) groups is 2. The maximum absolute atomic E-state index is 12.4. The first-order valence-electron chi connectivity index (χ1n) is 9.67. The highest BCUT2D eigenvalue weighted by atomic mass is 16.5. The minimum Gasteiger partial charge on any atom is -0.497 e. The van der Waals surface area contributed by atoms with Gasteiger partial charge in [0.1, 0.15) is 5.75 Å². The fraction of sp³-hybridized carbons (Fsp3) is 0.364. The van der Waals surface area contributed by atoms with Crippen molar-refractivity contribution in [3.8, 4) is 5.75 Å². The molecule has 0 aromatic heterocycles. The molecule has 2 aromatic rings. The van der Waals surface area contributed by atoms with Crippen molar-refractivity contribution >= 4 is 17.5 Å². The lowest BCUT2D eigenvalue weighted by Gasteiger charge is -2.36. The second-order valence-electron chi connectivity index (χ2n) is 6.79. The first-order valence-corrected chi connectivity index (χ1v) is 9.67. The van der Waals surface area contributed by atoms with E-state index < -0.39 is 0 Å². The van der Waals surface area contributed by atoms with E-state index in [1.165, 1.54) is 0 Å². The van der Waals surface area contributed by atoms with Crippen LogP contribution in [0.3, 0.4) is 0 Å². The summed E-state index contributed by atoms with van der Waals surface area (Å²) in [5, 5.41) is 2.87. The van der Waals surface area contributed by atoms with E-state index in [1.807, 2.05) is 47.4 Å². The topological polar surface area (TPSA) is 61.9 Å². The van der Waals surface area contributed by atoms with Gasteiger partial charge < -0.3 is 19.9 Å². The van der Waals surface area contributed by atoms with Crippen molar-refractivity contribution in [3.63, 3.8) is 0 Å². The summed E-state index contributed by atoms with van der Waals surface area (Å²) in [7, 11) is 1.66. The first-order chi connectivity index (χ1) is 13.7. The average Bonchev–Trinajstić information content (AvgIpc) is 2.77. The Kier molecular flexibility index (Phi) is 6.89. The summed E-state index contributed by atoms with van der Waals surface area (Å²) in [6.45, 7) is 3.60. The Morgan fingerprint density at radius 3 is 2.29 bits per heavy atom. The van der Waals surface area contributed by atoms with E-state index in [2.05, 4.69) is 10.2 Å². The zero-order chi connectivity index (χ0) is 19.8. The molecule has 0 unspecified atom stereocenters. The molecule has 1 saturated heterocycles. The van der Waals surface area contributed by atoms with Gasteiger partial charge in [0.25, 0.3) is 5.91 Å². The molecule has 2 aromatic carbocycles. The fourth-order valence-electron chi connectivity index (χ4n) is 3.30. The Hall–Kier alpha value is -3.02. The van der Waals surface area contributed by atoms with Crippen molar-refractivity contribution in [3.05, 3.63) is 60.2 Å². The van der Waals surface area contributed by atoms with Crippen LogP contribution in [0.25, 0.3) is 0 Å². The van der Waals surface area contributed by atoms with Gasteiger partial charge in [0.2, 0.25) is 5.91 Å². The number of piperazine rings is 1. The molecule has 1 heterocycles. The van der Waals surface area contributed by atoms with Crippen molar-refractivity contribution in [2.24, 2.45) is 0 Å². The Bertz CT molecular complexity index is 769. The Morgan fingerprint density at radius 2 is 1.64 bits per heavy atom. The number of anilines is 1. The smallest absolute Gasteiger partial charge is 0.251 e. The highest BCUT2D eigenvalue weighted by Gasteiger charge is 2.21. The Labute approximate surface area is 166 Å². The maximum Gasteiger partial charge on any atom is 0.251 e. The number of benzene rings is 2. The lowest BCUT2D eigenvalue weighted by atomic mass is 10.2. The summed E-state index contributed by atoms with van der Waals surface area (Å²) in [5.74, 6) is 0.904. The molecular formula is C22H27N3O3. The fourth-order valence-corrected chi connectivity index (χ4v) is 3.30. The number of amides is 2. The second-order valence-corrected chi connectivity index (χ2v) is 6.79. The summed E-state index contributed by atoms with van der Waals surface area (Å²) in [4.78, 5) is 28.6. The zero-order valence-electron chi connectivity index (χ0n) is 16.3. The number of hydrogen-bond donors (Lipinski definition) is 1. The number of hydrogen-bond acceptors (Lipinski definition) is 4. The number of nitrogens with zero attached hydrogens (tertiary/aromatic N) is 2. The molecular weight excluding hydrogens is 354 g/mol. The molecule has 1 fully saturated rings. The number of nitrogens with one attached hydrogen (secondary N) is 1. The van der Waals surface area contributed by atoms with Gasteiger partial charge in [-0.2, -0.15) is 0 Å². The van der Waals surface area contributed by atoms with Crippen LogP contribution in [0.2, 0.25) is 0 Å². The van der Waals surface area contributed by atoms with Gasteiger partial charge in [-0.3, -0.25) is 9.59 Å². The molecule has 0 atom stereocenters. The van der Waals surface area contributed by atoms with Crippen molar-refractivity contribution < 1.29 is 14.3 Å². The lowest BCUT2D eigenvalue weighted by Crippen LogP contribution is -2.48. The van der Waals surface area contributed by atoms with Gasteiger partial charge in [-0.05, 0) is 42.8 Å². The quantitative estimate of drug-likeness (QED) is 0.749. The SMILES string of the molecule is COc1ccc(N2CCN(C(=O)CCCNC(=O)c3ccccc3)CC2)cc1. The summed E-state index contributed by atoms with van der Waals surface area (Å²) < 4.78 is 5.19. The molecule has 148 valence electrons. The lowest BCUT2D eigenvalue weighted by molar-refractivity contribution is -0.131. The van der Waals surface area contributed by atoms with Gasteiger partial charge in [0, 0.05) is 50.4 Å². The van der Waals surface area contributed by atoms with E-state index in [-0.39, 0.29) is 11.8 Å². The Morgan fingerprint density at radius 1 is 0.964 bits per heavy atom. The third-order valence-electron chi connectivity index (χ3n) is 4.96. The summed E-state index contributed by atoms with van der Waals surface area (Å²) in [5.41, 5.74) is 1.79. The van der Waals surface area contributed by atoms with Crippen LogP contribution in [0.1, 0.15) is 23.2 Å². The van der Waals surface area contributed by atoms with Crippen LogP contribution in [0.5, 0.6) is 5.75 Å². The van der Waals surface area contributed by atoms with E-state index in [1.54, 1.807) is 19.2 Å². The molecule has 28 heavy (non-hydrogen) atoms. The Balaban J connectivity index is 1.36. The van der Waals surface area contributed by atoms with E-state index in [4.69, 9.17) is 4.74 Å². The van der Waals surface area contributed by atoms with Gasteiger partial charge in [0.05, 0.1) is 7.11 Å². The van der Waals surface area contributed by atoms with E-state index >= 15 is 0 Å². The molecule has 0 spiro atoms. The number of ether oxygens (including phenoxy) is 1. The third-order valence-corrected chi connectivity index (χ3v) is 4.96. The molecule has 6 nitrogen and oxygen atoms in total. The normalized spacial score (nSPS) is 13.9. The van der Waals surface area contributed by atoms with E-state index in [9.17, 15) is 9.59 Å². The van der Waals surface area contributed by atoms with Gasteiger partial charge in [-0.15, -0.1) is 0 Å². The minimum atomic E-state index is -0.0962. The average molecular weight is 381 g/mol. The molecule has 3 rings (SSSR count). The maximum atomic E-state index is 12.4. The molecule has 0 aliphatic carbocycles. The van der Waals surface area contributed by atoms with E-state index in [0.29, 0.717) is 24.9 Å². The van der Waals surface area contributed by atoms with Crippen LogP contribution in [0.4, 0.5) is 5.69 Å². The first kappa shape index (κ1) is 19.7. The highest BCUT2D eigenvalue weighted by molar-refractivity contribution is 5.94. The third kappa shape index (κ3) is 5.25. The predicted octanol–water partition coefficient (Wildman–Crippen LogP) is 2.55. The van der Waals surface area contributed by atoms with Crippen molar-refractivity contribution in [2.75, 3.05) is 44.7 Å². The second kappa shape index (κ2) is 9.78. The number of carbonyl (C=O) groups excluding carboxylic acids is 2. The highest BCUT2D eigenvalue weighted by Crippen LogP contribution is 2.20. The van der Waals surface area contributed by atoms with Gasteiger partial charge in [-0.25, -0.2) is 0 Å². The molecule has 0 bridgehead atoms. The molecule has 0 radical (unpaired) electrons. The van der Waals surface area contributed by atoms with Crippen molar-refractivity contribution in [1.29, 1.82) is 0 Å². The predicted molar refractivity (Wildman–Crippen MR) is 110 cm³/mol. The molecule has 1 N–H and O–H groups in total. The monoisotopic (exact) mass is 381 g/mol. The van der Waals surface area contributed by atoms with Gasteiger partial charge >= 0.3 is 0 Å². The number of rotatable bonds is 7. The summed E-state index contributed by atoms with van der Waals surface area (Å²) in [6, 6.07) is 17.1. The standard InChI is InChI=1S/C22H27N3O3/c1-28-20-11-9-19(10-12-20)24-14-16-25(17-15-24)21(26)8-5-13-23-22(27)18-6-3-2-4-7-18/h2-4,6-7,9-12H,5,8,13-17H2,1H3,(H,23,27). The summed E-state index contributed by atoms with van der Waals surface area (Å²) in [6.07, 6.45) is 1.10. The van der Waals surface area contributed by atoms with Crippen LogP contribution < -0.4 is 15.0 Å². The van der Waals surface area contributed by atoms with Gasteiger partial charge in [-0.1, -0.05) is 18.2 Å². The van der Waals surface area contributed by atoms with Crippen LogP contribution in [-0.2, 0) is 4.79 Å². The van der Waals surface area contributed by atoms with Crippen LogP contribution in [0.15, 0.2) is 54.6 Å². The minimum absolute atomic E-state index is 0.0962. The zero-order valence-corrected chi connectivity index (χ0v) is 16.3. The molecule has 6 heteroatoms.